The topological polar surface area (TPSA) is 59.7 Å². The molecule has 4 nitrogen and oxygen atoms in total. The molecule has 90 valence electrons. The Kier molecular flexibility index (Phi) is 3.44. The van der Waals surface area contributed by atoms with Gasteiger partial charge in [0.2, 0.25) is 0 Å². The van der Waals surface area contributed by atoms with Crippen LogP contribution in [0.4, 0.5) is 0 Å². The number of benzene rings is 1. The predicted molar refractivity (Wildman–Crippen MR) is 63.1 cm³/mol. The van der Waals surface area contributed by atoms with E-state index in [0.29, 0.717) is 23.3 Å². The number of carboxylic acid groups (broad SMARTS) is 1. The van der Waals surface area contributed by atoms with E-state index in [1.807, 2.05) is 13.0 Å². The molecule has 0 aliphatic rings. The number of carboxylic acids is 1. The summed E-state index contributed by atoms with van der Waals surface area (Å²) in [6.07, 6.45) is 0.892. The third kappa shape index (κ3) is 2.31. The van der Waals surface area contributed by atoms with Crippen LogP contribution in [0.2, 0.25) is 0 Å². The molecule has 1 aromatic heterocycles. The molecule has 0 saturated carbocycles. The van der Waals surface area contributed by atoms with Gasteiger partial charge >= 0.3 is 5.97 Å². The minimum atomic E-state index is -0.981. The first-order chi connectivity index (χ1) is 8.24. The Bertz CT molecular complexity index is 527. The van der Waals surface area contributed by atoms with Crippen molar-refractivity contribution in [2.75, 3.05) is 6.61 Å². The molecule has 0 aliphatic carbocycles. The fraction of sp³-hybridized carbons (Fsp3) is 0.308. The van der Waals surface area contributed by atoms with Crippen LogP contribution in [0.15, 0.2) is 28.7 Å². The van der Waals surface area contributed by atoms with Gasteiger partial charge in [0, 0.05) is 12.0 Å². The third-order valence-corrected chi connectivity index (χ3v) is 2.46. The Morgan fingerprint density at radius 2 is 2.18 bits per heavy atom. The zero-order valence-electron chi connectivity index (χ0n) is 9.60. The number of hydrogen-bond donors (Lipinski definition) is 1. The first-order valence-electron chi connectivity index (χ1n) is 5.55. The fourth-order valence-corrected chi connectivity index (χ4v) is 1.74. The van der Waals surface area contributed by atoms with Gasteiger partial charge < -0.3 is 14.3 Å². The number of ether oxygens (including phenoxy) is 1. The van der Waals surface area contributed by atoms with E-state index in [4.69, 9.17) is 9.15 Å². The largest absolute Gasteiger partial charge is 0.478 e. The van der Waals surface area contributed by atoms with Crippen LogP contribution in [0.1, 0.15) is 29.5 Å². The summed E-state index contributed by atoms with van der Waals surface area (Å²) >= 11 is 0. The molecule has 2 aromatic rings. The summed E-state index contributed by atoms with van der Waals surface area (Å²) < 4.78 is 10.8. The molecular weight excluding hydrogens is 220 g/mol. The molecule has 1 heterocycles. The lowest BCUT2D eigenvalue weighted by Gasteiger charge is -2.00. The van der Waals surface area contributed by atoms with E-state index in [9.17, 15) is 9.90 Å². The van der Waals surface area contributed by atoms with Crippen LogP contribution in [0, 0.1) is 0 Å². The van der Waals surface area contributed by atoms with E-state index < -0.39 is 5.97 Å². The van der Waals surface area contributed by atoms with Crippen LogP contribution in [0.3, 0.4) is 0 Å². The van der Waals surface area contributed by atoms with Crippen LogP contribution >= 0.6 is 0 Å². The average molecular weight is 234 g/mol. The summed E-state index contributed by atoms with van der Waals surface area (Å²) in [5.74, 6) is -0.600. The van der Waals surface area contributed by atoms with Crippen LogP contribution in [0.5, 0.6) is 0 Å². The number of carbonyl (C=O) groups is 1. The maximum absolute atomic E-state index is 11.2. The molecule has 0 bridgehead atoms. The maximum atomic E-state index is 11.2. The highest BCUT2D eigenvalue weighted by atomic mass is 16.5. The van der Waals surface area contributed by atoms with Gasteiger partial charge in [0.05, 0.1) is 0 Å². The zero-order valence-corrected chi connectivity index (χ0v) is 9.60. The molecule has 0 aliphatic heterocycles. The van der Waals surface area contributed by atoms with Gasteiger partial charge in [-0.1, -0.05) is 25.1 Å². The summed E-state index contributed by atoms with van der Waals surface area (Å²) in [4.78, 5) is 11.2. The molecule has 2 rings (SSSR count). The lowest BCUT2D eigenvalue weighted by atomic mass is 10.1. The molecular formula is C13H14O4. The van der Waals surface area contributed by atoms with Crippen molar-refractivity contribution >= 4 is 16.9 Å². The second-order valence-corrected chi connectivity index (χ2v) is 3.75. The molecule has 0 fully saturated rings. The Morgan fingerprint density at radius 3 is 2.88 bits per heavy atom. The van der Waals surface area contributed by atoms with Crippen molar-refractivity contribution in [3.05, 3.63) is 35.6 Å². The quantitative estimate of drug-likeness (QED) is 0.808. The molecule has 0 atom stereocenters. The number of para-hydroxylation sites is 1. The number of rotatable bonds is 5. The van der Waals surface area contributed by atoms with Crippen LogP contribution in [-0.2, 0) is 11.3 Å². The smallest absolute Gasteiger partial charge is 0.340 e. The molecule has 0 spiro atoms. The van der Waals surface area contributed by atoms with Crippen LogP contribution in [-0.4, -0.2) is 17.7 Å². The molecule has 4 heteroatoms. The minimum Gasteiger partial charge on any atom is -0.478 e. The van der Waals surface area contributed by atoms with E-state index in [1.165, 1.54) is 0 Å². The standard InChI is InChI=1S/C13H14O4/c1-2-7-16-8-11-12(13(14)15)9-5-3-4-6-10(9)17-11/h3-6H,2,7-8H2,1H3,(H,14,15). The van der Waals surface area contributed by atoms with Crippen molar-refractivity contribution < 1.29 is 19.1 Å². The van der Waals surface area contributed by atoms with Crippen molar-refractivity contribution in [3.8, 4) is 0 Å². The molecule has 0 unspecified atom stereocenters. The fourth-order valence-electron chi connectivity index (χ4n) is 1.74. The molecule has 1 aromatic carbocycles. The highest BCUT2D eigenvalue weighted by Gasteiger charge is 2.19. The number of aromatic carboxylic acids is 1. The number of hydrogen-bond acceptors (Lipinski definition) is 3. The van der Waals surface area contributed by atoms with Gasteiger partial charge in [-0.15, -0.1) is 0 Å². The van der Waals surface area contributed by atoms with E-state index in [0.717, 1.165) is 6.42 Å². The van der Waals surface area contributed by atoms with Gasteiger partial charge in [0.15, 0.2) is 0 Å². The van der Waals surface area contributed by atoms with Gasteiger partial charge in [-0.2, -0.15) is 0 Å². The highest BCUT2D eigenvalue weighted by molar-refractivity contribution is 6.03. The highest BCUT2D eigenvalue weighted by Crippen LogP contribution is 2.26. The van der Waals surface area contributed by atoms with Gasteiger partial charge in [-0.05, 0) is 12.5 Å². The normalized spacial score (nSPS) is 10.9. The van der Waals surface area contributed by atoms with Gasteiger partial charge in [0.1, 0.15) is 23.5 Å². The van der Waals surface area contributed by atoms with Crippen LogP contribution < -0.4 is 0 Å². The zero-order chi connectivity index (χ0) is 12.3. The Labute approximate surface area is 98.8 Å². The number of fused-ring (bicyclic) bond motifs is 1. The second-order valence-electron chi connectivity index (χ2n) is 3.75. The van der Waals surface area contributed by atoms with E-state index in [1.54, 1.807) is 18.2 Å². The van der Waals surface area contributed by atoms with Crippen molar-refractivity contribution in [1.29, 1.82) is 0 Å². The molecule has 0 radical (unpaired) electrons. The molecule has 0 amide bonds. The summed E-state index contributed by atoms with van der Waals surface area (Å²) in [5, 5.41) is 9.81. The molecule has 0 saturated heterocycles. The second kappa shape index (κ2) is 5.01. The van der Waals surface area contributed by atoms with Crippen LogP contribution in [0.25, 0.3) is 11.0 Å². The minimum absolute atomic E-state index is 0.199. The van der Waals surface area contributed by atoms with Crippen molar-refractivity contribution in [1.82, 2.24) is 0 Å². The van der Waals surface area contributed by atoms with Crippen molar-refractivity contribution in [2.45, 2.75) is 20.0 Å². The summed E-state index contributed by atoms with van der Waals surface area (Å²) in [6, 6.07) is 7.10. The predicted octanol–water partition coefficient (Wildman–Crippen LogP) is 3.06. The third-order valence-electron chi connectivity index (χ3n) is 2.46. The van der Waals surface area contributed by atoms with E-state index in [-0.39, 0.29) is 12.2 Å². The summed E-state index contributed by atoms with van der Waals surface area (Å²) in [6.45, 7) is 2.79. The molecule has 17 heavy (non-hydrogen) atoms. The lowest BCUT2D eigenvalue weighted by molar-refractivity contribution is 0.0681. The first kappa shape index (κ1) is 11.7. The Morgan fingerprint density at radius 1 is 1.41 bits per heavy atom. The lowest BCUT2D eigenvalue weighted by Crippen LogP contribution is -2.02. The SMILES string of the molecule is CCCOCc1oc2ccccc2c1C(=O)O. The average Bonchev–Trinajstić information content (AvgIpc) is 2.67. The van der Waals surface area contributed by atoms with Crippen molar-refractivity contribution in [2.24, 2.45) is 0 Å². The van der Waals surface area contributed by atoms with Gasteiger partial charge in [-0.25, -0.2) is 4.79 Å². The summed E-state index contributed by atoms with van der Waals surface area (Å²) in [7, 11) is 0. The summed E-state index contributed by atoms with van der Waals surface area (Å²) in [5.41, 5.74) is 0.789. The van der Waals surface area contributed by atoms with E-state index in [2.05, 4.69) is 0 Å². The first-order valence-corrected chi connectivity index (χ1v) is 5.55. The maximum Gasteiger partial charge on any atom is 0.340 e. The van der Waals surface area contributed by atoms with Gasteiger partial charge in [0.25, 0.3) is 0 Å². The Balaban J connectivity index is 2.39. The molecule has 1 N–H and O–H groups in total. The Hall–Kier alpha value is -1.81. The van der Waals surface area contributed by atoms with E-state index >= 15 is 0 Å². The number of furan rings is 1. The van der Waals surface area contributed by atoms with Crippen molar-refractivity contribution in [3.63, 3.8) is 0 Å². The monoisotopic (exact) mass is 234 g/mol. The van der Waals surface area contributed by atoms with Gasteiger partial charge in [-0.3, -0.25) is 0 Å².